The standard InChI is InChI=1S/C42H43N3O2P/c1-3-44(4-2)42(46)39(43-41(35-22-12-6-13-23-35)45-30-32-47-33-31-45)40(34-20-10-5-11-21-34)48(36-24-14-7-15-25-36,37-26-16-8-17-27-37)38-28-18-9-19-29-38/h5-29H,3-4,30-33H2,1-2H3/q+1/b40-39-,43-41?. The Labute approximate surface area is 285 Å². The Bertz CT molecular complexity index is 1720. The number of morpholine rings is 1. The van der Waals surface area contributed by atoms with Gasteiger partial charge in [-0.05, 0) is 50.2 Å². The number of carbonyl (C=O) groups excluding carboxylic acids is 1. The van der Waals surface area contributed by atoms with Crippen LogP contribution in [0, 0.1) is 0 Å². The first kappa shape index (κ1) is 33.1. The third kappa shape index (κ3) is 6.75. The highest BCUT2D eigenvalue weighted by Crippen LogP contribution is 2.67. The van der Waals surface area contributed by atoms with Crippen LogP contribution in [0.1, 0.15) is 25.0 Å². The molecule has 1 fully saturated rings. The minimum Gasteiger partial charge on any atom is -0.378 e. The van der Waals surface area contributed by atoms with Crippen molar-refractivity contribution in [3.63, 3.8) is 0 Å². The van der Waals surface area contributed by atoms with Gasteiger partial charge in [0.1, 0.15) is 34.3 Å². The highest BCUT2D eigenvalue weighted by atomic mass is 31.2. The van der Waals surface area contributed by atoms with Crippen molar-refractivity contribution < 1.29 is 9.53 Å². The van der Waals surface area contributed by atoms with Gasteiger partial charge in [-0.1, -0.05) is 115 Å². The number of likely N-dealkylation sites (N-methyl/N-ethyl adjacent to an activating group) is 1. The molecule has 5 nitrogen and oxygen atoms in total. The summed E-state index contributed by atoms with van der Waals surface area (Å²) in [6.07, 6.45) is 0. The van der Waals surface area contributed by atoms with Crippen LogP contribution in [-0.2, 0) is 9.53 Å². The third-order valence-electron chi connectivity index (χ3n) is 8.85. The van der Waals surface area contributed by atoms with Gasteiger partial charge in [-0.2, -0.15) is 0 Å². The monoisotopic (exact) mass is 652 g/mol. The number of rotatable bonds is 10. The van der Waals surface area contributed by atoms with E-state index in [-0.39, 0.29) is 5.91 Å². The number of amidine groups is 1. The van der Waals surface area contributed by atoms with Crippen LogP contribution >= 0.6 is 7.26 Å². The lowest BCUT2D eigenvalue weighted by Crippen LogP contribution is -2.42. The Balaban J connectivity index is 1.84. The molecular formula is C42H43N3O2P+. The molecule has 0 unspecified atom stereocenters. The predicted octanol–water partition coefficient (Wildman–Crippen LogP) is 7.00. The zero-order valence-corrected chi connectivity index (χ0v) is 28.7. The summed E-state index contributed by atoms with van der Waals surface area (Å²) in [5.74, 6) is 0.711. The molecule has 0 saturated carbocycles. The average Bonchev–Trinajstić information content (AvgIpc) is 3.17. The molecule has 1 aliphatic heterocycles. The molecule has 0 spiro atoms. The Hall–Kier alpha value is -4.83. The molecule has 6 heteroatoms. The molecule has 0 radical (unpaired) electrons. The van der Waals surface area contributed by atoms with E-state index in [2.05, 4.69) is 132 Å². The van der Waals surface area contributed by atoms with Crippen LogP contribution in [0.3, 0.4) is 0 Å². The van der Waals surface area contributed by atoms with Gasteiger partial charge in [-0.3, -0.25) is 4.79 Å². The quantitative estimate of drug-likeness (QED) is 0.0707. The van der Waals surface area contributed by atoms with E-state index in [1.807, 2.05) is 43.0 Å². The Morgan fingerprint density at radius 3 is 1.44 bits per heavy atom. The second-order valence-electron chi connectivity index (χ2n) is 11.6. The van der Waals surface area contributed by atoms with Crippen molar-refractivity contribution in [3.05, 3.63) is 168 Å². The summed E-state index contributed by atoms with van der Waals surface area (Å²) < 4.78 is 5.78. The lowest BCUT2D eigenvalue weighted by atomic mass is 10.1. The fraction of sp³-hybridized carbons (Fsp3) is 0.190. The van der Waals surface area contributed by atoms with Gasteiger partial charge in [0.25, 0.3) is 5.91 Å². The maximum absolute atomic E-state index is 15.2. The molecule has 1 amide bonds. The van der Waals surface area contributed by atoms with E-state index in [0.29, 0.717) is 45.1 Å². The molecule has 1 aliphatic rings. The fourth-order valence-corrected chi connectivity index (χ4v) is 11.1. The molecule has 242 valence electrons. The van der Waals surface area contributed by atoms with Crippen LogP contribution in [-0.4, -0.2) is 60.9 Å². The second-order valence-corrected chi connectivity index (χ2v) is 15.0. The van der Waals surface area contributed by atoms with Crippen LogP contribution < -0.4 is 15.9 Å². The second kappa shape index (κ2) is 15.8. The molecule has 0 N–H and O–H groups in total. The van der Waals surface area contributed by atoms with Crippen molar-refractivity contribution >= 4 is 40.2 Å². The molecule has 1 heterocycles. The Morgan fingerprint density at radius 2 is 1.02 bits per heavy atom. The molecular weight excluding hydrogens is 609 g/mol. The molecule has 0 aromatic heterocycles. The zero-order valence-electron chi connectivity index (χ0n) is 27.8. The van der Waals surface area contributed by atoms with Crippen LogP contribution in [0.15, 0.2) is 162 Å². The van der Waals surface area contributed by atoms with E-state index in [9.17, 15) is 0 Å². The maximum Gasteiger partial charge on any atom is 0.276 e. The van der Waals surface area contributed by atoms with Crippen LogP contribution in [0.5, 0.6) is 0 Å². The van der Waals surface area contributed by atoms with Gasteiger partial charge < -0.3 is 14.5 Å². The van der Waals surface area contributed by atoms with Crippen molar-refractivity contribution in [2.24, 2.45) is 4.99 Å². The zero-order chi connectivity index (χ0) is 33.2. The number of nitrogens with zero attached hydrogens (tertiary/aromatic N) is 3. The minimum absolute atomic E-state index is 0.0762. The lowest BCUT2D eigenvalue weighted by molar-refractivity contribution is -0.126. The first-order valence-electron chi connectivity index (χ1n) is 16.8. The number of ether oxygens (including phenoxy) is 1. The van der Waals surface area contributed by atoms with Gasteiger partial charge in [0.05, 0.1) is 13.2 Å². The van der Waals surface area contributed by atoms with Gasteiger partial charge in [-0.15, -0.1) is 0 Å². The summed E-state index contributed by atoms with van der Waals surface area (Å²) in [5.41, 5.74) is 2.43. The van der Waals surface area contributed by atoms with Gasteiger partial charge in [0.2, 0.25) is 0 Å². The number of amides is 1. The number of hydrogen-bond acceptors (Lipinski definition) is 3. The van der Waals surface area contributed by atoms with Gasteiger partial charge in [0.15, 0.2) is 5.70 Å². The van der Waals surface area contributed by atoms with E-state index < -0.39 is 7.26 Å². The number of benzene rings is 5. The minimum atomic E-state index is -2.76. The van der Waals surface area contributed by atoms with Gasteiger partial charge >= 0.3 is 0 Å². The number of carbonyl (C=O) groups is 1. The summed E-state index contributed by atoms with van der Waals surface area (Å²) in [5, 5.41) is 4.43. The summed E-state index contributed by atoms with van der Waals surface area (Å²) in [6, 6.07) is 52.9. The van der Waals surface area contributed by atoms with Gasteiger partial charge in [0, 0.05) is 37.3 Å². The van der Waals surface area contributed by atoms with Crippen molar-refractivity contribution in [2.75, 3.05) is 39.4 Å². The summed E-state index contributed by atoms with van der Waals surface area (Å²) >= 11 is 0. The maximum atomic E-state index is 15.2. The summed E-state index contributed by atoms with van der Waals surface area (Å²) in [4.78, 5) is 25.0. The van der Waals surface area contributed by atoms with Crippen LogP contribution in [0.2, 0.25) is 0 Å². The molecule has 0 atom stereocenters. The highest BCUT2D eigenvalue weighted by Gasteiger charge is 2.53. The molecule has 6 rings (SSSR count). The molecule has 0 aliphatic carbocycles. The Morgan fingerprint density at radius 1 is 0.625 bits per heavy atom. The molecule has 5 aromatic rings. The smallest absolute Gasteiger partial charge is 0.276 e. The number of aliphatic imine (C=N–C) groups is 1. The SMILES string of the molecule is CCN(CC)C(=O)/C(N=C(c1ccccc1)N1CCOCC1)=C(\c1ccccc1)[P+](c1ccccc1)(c1ccccc1)c1ccccc1. The van der Waals surface area contributed by atoms with Crippen molar-refractivity contribution in [1.82, 2.24) is 9.80 Å². The summed E-state index contributed by atoms with van der Waals surface area (Å²) in [7, 11) is -2.76. The van der Waals surface area contributed by atoms with E-state index in [4.69, 9.17) is 9.73 Å². The molecule has 1 saturated heterocycles. The predicted molar refractivity (Wildman–Crippen MR) is 202 cm³/mol. The third-order valence-corrected chi connectivity index (χ3v) is 13.2. The normalized spacial score (nSPS) is 14.3. The topological polar surface area (TPSA) is 45.1 Å². The van der Waals surface area contributed by atoms with Crippen LogP contribution in [0.25, 0.3) is 5.31 Å². The summed E-state index contributed by atoms with van der Waals surface area (Å²) in [6.45, 7) is 7.82. The largest absolute Gasteiger partial charge is 0.378 e. The van der Waals surface area contributed by atoms with E-state index >= 15 is 4.79 Å². The van der Waals surface area contributed by atoms with Crippen LogP contribution in [0.4, 0.5) is 0 Å². The molecule has 48 heavy (non-hydrogen) atoms. The van der Waals surface area contributed by atoms with Crippen molar-refractivity contribution in [3.8, 4) is 0 Å². The first-order valence-corrected chi connectivity index (χ1v) is 18.6. The number of hydrogen-bond donors (Lipinski definition) is 0. The molecule has 0 bridgehead atoms. The first-order chi connectivity index (χ1) is 23.7. The van der Waals surface area contributed by atoms with Crippen molar-refractivity contribution in [2.45, 2.75) is 13.8 Å². The average molecular weight is 653 g/mol. The van der Waals surface area contributed by atoms with E-state index in [1.54, 1.807) is 0 Å². The van der Waals surface area contributed by atoms with Gasteiger partial charge in [-0.25, -0.2) is 4.99 Å². The van der Waals surface area contributed by atoms with E-state index in [1.165, 1.54) is 0 Å². The van der Waals surface area contributed by atoms with E-state index in [0.717, 1.165) is 38.2 Å². The lowest BCUT2D eigenvalue weighted by Gasteiger charge is -2.33. The molecule has 5 aromatic carbocycles. The Kier molecular flexibility index (Phi) is 10.9. The van der Waals surface area contributed by atoms with Crippen molar-refractivity contribution in [1.29, 1.82) is 0 Å². The highest BCUT2D eigenvalue weighted by molar-refractivity contribution is 8.03. The fourth-order valence-electron chi connectivity index (χ4n) is 6.52.